The number of methoxy groups -OCH3 is 1. The first kappa shape index (κ1) is 12.5. The molecule has 0 unspecified atom stereocenters. The van der Waals surface area contributed by atoms with E-state index in [9.17, 15) is 4.79 Å². The predicted octanol–water partition coefficient (Wildman–Crippen LogP) is 1.64. The van der Waals surface area contributed by atoms with E-state index in [1.165, 1.54) is 7.11 Å². The SMILES string of the molecule is COC(=O)[C@@H](C)OCCOc1ccccc1. The van der Waals surface area contributed by atoms with E-state index in [-0.39, 0.29) is 5.97 Å². The summed E-state index contributed by atoms with van der Waals surface area (Å²) in [6, 6.07) is 9.44. The second-order valence-corrected chi connectivity index (χ2v) is 3.20. The lowest BCUT2D eigenvalue weighted by molar-refractivity contribution is -0.153. The molecule has 0 spiro atoms. The topological polar surface area (TPSA) is 44.8 Å². The molecule has 0 aliphatic heterocycles. The molecule has 0 bridgehead atoms. The van der Waals surface area contributed by atoms with Crippen molar-refractivity contribution in [3.05, 3.63) is 30.3 Å². The van der Waals surface area contributed by atoms with Crippen LogP contribution < -0.4 is 4.74 Å². The number of para-hydroxylation sites is 1. The van der Waals surface area contributed by atoms with Gasteiger partial charge in [0.2, 0.25) is 0 Å². The fourth-order valence-electron chi connectivity index (χ4n) is 1.14. The Hall–Kier alpha value is -1.55. The van der Waals surface area contributed by atoms with Crippen LogP contribution in [-0.4, -0.2) is 32.4 Å². The number of rotatable bonds is 6. The molecule has 0 aliphatic carbocycles. The number of carbonyl (C=O) groups is 1. The van der Waals surface area contributed by atoms with Crippen molar-refractivity contribution in [3.8, 4) is 5.75 Å². The van der Waals surface area contributed by atoms with E-state index < -0.39 is 6.10 Å². The van der Waals surface area contributed by atoms with Crippen LogP contribution in [-0.2, 0) is 14.3 Å². The summed E-state index contributed by atoms with van der Waals surface area (Å²) in [5, 5.41) is 0. The van der Waals surface area contributed by atoms with Crippen molar-refractivity contribution in [3.63, 3.8) is 0 Å². The minimum Gasteiger partial charge on any atom is -0.491 e. The number of carbonyl (C=O) groups excluding carboxylic acids is 1. The van der Waals surface area contributed by atoms with Gasteiger partial charge in [-0.2, -0.15) is 0 Å². The van der Waals surface area contributed by atoms with Crippen LogP contribution in [0.3, 0.4) is 0 Å². The molecular formula is C12H16O4. The number of benzene rings is 1. The number of hydrogen-bond donors (Lipinski definition) is 0. The van der Waals surface area contributed by atoms with Gasteiger partial charge in [-0.05, 0) is 19.1 Å². The van der Waals surface area contributed by atoms with Gasteiger partial charge in [0, 0.05) is 0 Å². The molecule has 4 heteroatoms. The first-order valence-corrected chi connectivity index (χ1v) is 5.11. The molecule has 16 heavy (non-hydrogen) atoms. The van der Waals surface area contributed by atoms with Crippen LogP contribution in [0.5, 0.6) is 5.75 Å². The van der Waals surface area contributed by atoms with Crippen molar-refractivity contribution in [2.75, 3.05) is 20.3 Å². The van der Waals surface area contributed by atoms with Crippen molar-refractivity contribution in [2.45, 2.75) is 13.0 Å². The molecule has 1 aromatic rings. The Balaban J connectivity index is 2.15. The first-order chi connectivity index (χ1) is 7.74. The zero-order chi connectivity index (χ0) is 11.8. The molecule has 0 amide bonds. The van der Waals surface area contributed by atoms with Gasteiger partial charge in [-0.1, -0.05) is 18.2 Å². The molecule has 0 aliphatic rings. The van der Waals surface area contributed by atoms with Gasteiger partial charge in [-0.25, -0.2) is 4.79 Å². The van der Waals surface area contributed by atoms with Gasteiger partial charge >= 0.3 is 5.97 Å². The van der Waals surface area contributed by atoms with E-state index in [4.69, 9.17) is 9.47 Å². The Morgan fingerprint density at radius 2 is 1.94 bits per heavy atom. The molecule has 1 rings (SSSR count). The van der Waals surface area contributed by atoms with E-state index in [0.29, 0.717) is 13.2 Å². The highest BCUT2D eigenvalue weighted by Crippen LogP contribution is 2.07. The van der Waals surface area contributed by atoms with Crippen molar-refractivity contribution in [1.29, 1.82) is 0 Å². The van der Waals surface area contributed by atoms with Crippen LogP contribution in [0.25, 0.3) is 0 Å². The van der Waals surface area contributed by atoms with E-state index >= 15 is 0 Å². The zero-order valence-electron chi connectivity index (χ0n) is 9.51. The molecule has 88 valence electrons. The highest BCUT2D eigenvalue weighted by Gasteiger charge is 2.12. The van der Waals surface area contributed by atoms with Gasteiger partial charge in [0.1, 0.15) is 12.4 Å². The Labute approximate surface area is 95.1 Å². The lowest BCUT2D eigenvalue weighted by atomic mass is 10.3. The monoisotopic (exact) mass is 224 g/mol. The zero-order valence-corrected chi connectivity index (χ0v) is 9.51. The maximum Gasteiger partial charge on any atom is 0.334 e. The Morgan fingerprint density at radius 1 is 1.25 bits per heavy atom. The van der Waals surface area contributed by atoms with Crippen molar-refractivity contribution >= 4 is 5.97 Å². The summed E-state index contributed by atoms with van der Waals surface area (Å²) < 4.78 is 15.1. The van der Waals surface area contributed by atoms with Gasteiger partial charge in [-0.3, -0.25) is 0 Å². The fraction of sp³-hybridized carbons (Fsp3) is 0.417. The third-order valence-corrected chi connectivity index (χ3v) is 2.00. The average Bonchev–Trinajstić information content (AvgIpc) is 2.34. The van der Waals surface area contributed by atoms with Crippen LogP contribution in [0.2, 0.25) is 0 Å². The summed E-state index contributed by atoms with van der Waals surface area (Å²) in [7, 11) is 1.34. The summed E-state index contributed by atoms with van der Waals surface area (Å²) >= 11 is 0. The Bertz CT molecular complexity index is 310. The van der Waals surface area contributed by atoms with Gasteiger partial charge in [0.15, 0.2) is 6.10 Å². The molecule has 0 fully saturated rings. The fourth-order valence-corrected chi connectivity index (χ4v) is 1.14. The Kier molecular flexibility index (Phi) is 5.36. The summed E-state index contributed by atoms with van der Waals surface area (Å²) in [6.07, 6.45) is -0.552. The molecule has 1 atom stereocenters. The largest absolute Gasteiger partial charge is 0.491 e. The molecule has 0 N–H and O–H groups in total. The van der Waals surface area contributed by atoms with Gasteiger partial charge in [-0.15, -0.1) is 0 Å². The highest BCUT2D eigenvalue weighted by molar-refractivity contribution is 5.73. The third-order valence-electron chi connectivity index (χ3n) is 2.00. The maximum absolute atomic E-state index is 11.0. The Morgan fingerprint density at radius 3 is 2.56 bits per heavy atom. The normalized spacial score (nSPS) is 11.9. The highest BCUT2D eigenvalue weighted by atomic mass is 16.6. The van der Waals surface area contributed by atoms with Gasteiger partial charge in [0.25, 0.3) is 0 Å². The molecule has 0 heterocycles. The second kappa shape index (κ2) is 6.85. The summed E-state index contributed by atoms with van der Waals surface area (Å²) in [4.78, 5) is 11.0. The van der Waals surface area contributed by atoms with Crippen molar-refractivity contribution < 1.29 is 19.0 Å². The first-order valence-electron chi connectivity index (χ1n) is 5.11. The molecule has 4 nitrogen and oxygen atoms in total. The molecule has 0 saturated carbocycles. The third kappa shape index (κ3) is 4.31. The minimum atomic E-state index is -0.552. The van der Waals surface area contributed by atoms with E-state index in [1.54, 1.807) is 6.92 Å². The van der Waals surface area contributed by atoms with Crippen molar-refractivity contribution in [2.24, 2.45) is 0 Å². The van der Waals surface area contributed by atoms with Crippen LogP contribution in [0, 0.1) is 0 Å². The molecule has 0 saturated heterocycles. The second-order valence-electron chi connectivity index (χ2n) is 3.20. The van der Waals surface area contributed by atoms with Crippen LogP contribution >= 0.6 is 0 Å². The predicted molar refractivity (Wildman–Crippen MR) is 59.4 cm³/mol. The van der Waals surface area contributed by atoms with Crippen LogP contribution in [0.4, 0.5) is 0 Å². The average molecular weight is 224 g/mol. The lowest BCUT2D eigenvalue weighted by Gasteiger charge is -2.11. The smallest absolute Gasteiger partial charge is 0.334 e. The number of hydrogen-bond acceptors (Lipinski definition) is 4. The summed E-state index contributed by atoms with van der Waals surface area (Å²) in [5.74, 6) is 0.413. The van der Waals surface area contributed by atoms with Gasteiger partial charge < -0.3 is 14.2 Å². The van der Waals surface area contributed by atoms with Crippen LogP contribution in [0.1, 0.15) is 6.92 Å². The summed E-state index contributed by atoms with van der Waals surface area (Å²) in [5.41, 5.74) is 0. The molecule has 1 aromatic carbocycles. The minimum absolute atomic E-state index is 0.352. The van der Waals surface area contributed by atoms with E-state index in [1.807, 2.05) is 30.3 Å². The van der Waals surface area contributed by atoms with E-state index in [0.717, 1.165) is 5.75 Å². The van der Waals surface area contributed by atoms with Gasteiger partial charge in [0.05, 0.1) is 13.7 Å². The maximum atomic E-state index is 11.0. The van der Waals surface area contributed by atoms with Crippen LogP contribution in [0.15, 0.2) is 30.3 Å². The summed E-state index contributed by atoms with van der Waals surface area (Å²) in [6.45, 7) is 2.41. The quantitative estimate of drug-likeness (QED) is 0.544. The standard InChI is InChI=1S/C12H16O4/c1-10(12(13)14-2)15-8-9-16-11-6-4-3-5-7-11/h3-7,10H,8-9H2,1-2H3/t10-/m1/s1. The van der Waals surface area contributed by atoms with E-state index in [2.05, 4.69) is 4.74 Å². The van der Waals surface area contributed by atoms with Crippen molar-refractivity contribution in [1.82, 2.24) is 0 Å². The lowest BCUT2D eigenvalue weighted by Crippen LogP contribution is -2.24. The molecular weight excluding hydrogens is 208 g/mol. The number of ether oxygens (including phenoxy) is 3. The molecule has 0 aromatic heterocycles. The number of esters is 1. The molecule has 0 radical (unpaired) electrons.